The molecule has 0 fully saturated rings. The van der Waals surface area contributed by atoms with Crippen LogP contribution < -0.4 is 0 Å². The van der Waals surface area contributed by atoms with Gasteiger partial charge in [0, 0.05) is 28.5 Å². The lowest BCUT2D eigenvalue weighted by atomic mass is 10.0. The number of carbonyl (C=O) groups is 1. The highest BCUT2D eigenvalue weighted by Crippen LogP contribution is 2.17. The van der Waals surface area contributed by atoms with E-state index in [-0.39, 0.29) is 5.78 Å². The monoisotopic (exact) mass is 237 g/mol. The van der Waals surface area contributed by atoms with Gasteiger partial charge in [-0.2, -0.15) is 0 Å². The molecular weight excluding hydrogens is 226 g/mol. The van der Waals surface area contributed by atoms with E-state index in [1.54, 1.807) is 12.1 Å². The zero-order valence-corrected chi connectivity index (χ0v) is 9.74. The molecule has 0 spiro atoms. The number of Topliss-reactive ketones (excluding diaryl/α,β-unsaturated/α-hetero) is 1. The van der Waals surface area contributed by atoms with Crippen LogP contribution in [0.5, 0.6) is 0 Å². The van der Waals surface area contributed by atoms with Gasteiger partial charge in [0.2, 0.25) is 0 Å². The molecule has 0 aliphatic rings. The fraction of sp³-hybridized carbons (Fsp3) is 0.364. The van der Waals surface area contributed by atoms with Gasteiger partial charge in [-0.15, -0.1) is 0 Å². The van der Waals surface area contributed by atoms with Crippen LogP contribution in [0, 0.1) is 6.92 Å². The van der Waals surface area contributed by atoms with Crippen molar-refractivity contribution in [3.8, 4) is 0 Å². The molecule has 0 amide bonds. The molecule has 84 valence electrons. The number of benzene rings is 1. The molecule has 0 bridgehead atoms. The summed E-state index contributed by atoms with van der Waals surface area (Å²) in [6.45, 7) is 2.22. The number of azide groups is 1. The molecule has 0 aliphatic carbocycles. The molecule has 0 N–H and O–H groups in total. The van der Waals surface area contributed by atoms with Crippen LogP contribution in [0.3, 0.4) is 0 Å². The van der Waals surface area contributed by atoms with Crippen LogP contribution in [0.2, 0.25) is 5.02 Å². The minimum absolute atomic E-state index is 0.0353. The maximum atomic E-state index is 11.8. The van der Waals surface area contributed by atoms with E-state index in [1.165, 1.54) is 0 Å². The number of rotatable bonds is 5. The summed E-state index contributed by atoms with van der Waals surface area (Å²) in [5, 5.41) is 3.94. The summed E-state index contributed by atoms with van der Waals surface area (Å²) >= 11 is 5.83. The number of halogens is 1. The molecule has 0 saturated heterocycles. The van der Waals surface area contributed by atoms with Crippen molar-refractivity contribution in [1.82, 2.24) is 0 Å². The Hall–Kier alpha value is -1.51. The van der Waals surface area contributed by atoms with Gasteiger partial charge in [0.1, 0.15) is 0 Å². The van der Waals surface area contributed by atoms with Gasteiger partial charge in [0.05, 0.1) is 0 Å². The summed E-state index contributed by atoms with van der Waals surface area (Å²) in [4.78, 5) is 14.4. The fourth-order valence-electron chi connectivity index (χ4n) is 1.38. The molecule has 0 aromatic heterocycles. The van der Waals surface area contributed by atoms with Crippen molar-refractivity contribution in [3.63, 3.8) is 0 Å². The van der Waals surface area contributed by atoms with E-state index in [1.807, 2.05) is 13.0 Å². The summed E-state index contributed by atoms with van der Waals surface area (Å²) in [6.07, 6.45) is 0.940. The van der Waals surface area contributed by atoms with E-state index in [9.17, 15) is 4.79 Å². The SMILES string of the molecule is Cc1ccc(Cl)cc1C(=O)CCCN=[N+]=[N-]. The topological polar surface area (TPSA) is 65.8 Å². The van der Waals surface area contributed by atoms with Crippen LogP contribution in [0.15, 0.2) is 23.3 Å². The van der Waals surface area contributed by atoms with Gasteiger partial charge < -0.3 is 0 Å². The molecule has 0 aliphatic heterocycles. The normalized spacial score (nSPS) is 9.62. The van der Waals surface area contributed by atoms with Crippen molar-refractivity contribution in [2.75, 3.05) is 6.54 Å². The van der Waals surface area contributed by atoms with E-state index in [2.05, 4.69) is 10.0 Å². The summed E-state index contributed by atoms with van der Waals surface area (Å²) in [5.74, 6) is 0.0353. The number of ketones is 1. The Morgan fingerprint density at radius 1 is 1.56 bits per heavy atom. The first-order valence-corrected chi connectivity index (χ1v) is 5.33. The van der Waals surface area contributed by atoms with E-state index in [0.717, 1.165) is 5.56 Å². The molecule has 1 rings (SSSR count). The average molecular weight is 238 g/mol. The summed E-state index contributed by atoms with van der Waals surface area (Å²) in [6, 6.07) is 5.25. The van der Waals surface area contributed by atoms with E-state index in [0.29, 0.717) is 30.0 Å². The van der Waals surface area contributed by atoms with Crippen molar-refractivity contribution in [3.05, 3.63) is 44.8 Å². The number of aryl methyl sites for hydroxylation is 1. The van der Waals surface area contributed by atoms with E-state index < -0.39 is 0 Å². The van der Waals surface area contributed by atoms with Crippen LogP contribution in [-0.4, -0.2) is 12.3 Å². The largest absolute Gasteiger partial charge is 0.294 e. The molecule has 0 radical (unpaired) electrons. The molecule has 0 unspecified atom stereocenters. The Balaban J connectivity index is 2.65. The number of hydrogen-bond acceptors (Lipinski definition) is 2. The Kier molecular flexibility index (Phi) is 4.83. The average Bonchev–Trinajstić information content (AvgIpc) is 2.27. The molecule has 5 heteroatoms. The lowest BCUT2D eigenvalue weighted by molar-refractivity contribution is 0.0980. The summed E-state index contributed by atoms with van der Waals surface area (Å²) < 4.78 is 0. The second-order valence-corrected chi connectivity index (χ2v) is 3.88. The van der Waals surface area contributed by atoms with Crippen molar-refractivity contribution in [2.24, 2.45) is 5.11 Å². The van der Waals surface area contributed by atoms with Crippen molar-refractivity contribution >= 4 is 17.4 Å². The third kappa shape index (κ3) is 3.57. The zero-order chi connectivity index (χ0) is 12.0. The van der Waals surface area contributed by atoms with Gasteiger partial charge in [0.25, 0.3) is 0 Å². The van der Waals surface area contributed by atoms with Crippen LogP contribution in [0.4, 0.5) is 0 Å². The van der Waals surface area contributed by atoms with Crippen molar-refractivity contribution in [2.45, 2.75) is 19.8 Å². The smallest absolute Gasteiger partial charge is 0.163 e. The standard InChI is InChI=1S/C11H12ClN3O/c1-8-4-5-9(12)7-10(8)11(16)3-2-6-14-15-13/h4-5,7H,2-3,6H2,1H3. The molecule has 0 heterocycles. The second-order valence-electron chi connectivity index (χ2n) is 3.44. The maximum Gasteiger partial charge on any atom is 0.163 e. The van der Waals surface area contributed by atoms with E-state index >= 15 is 0 Å². The third-order valence-corrected chi connectivity index (χ3v) is 2.46. The highest BCUT2D eigenvalue weighted by atomic mass is 35.5. The van der Waals surface area contributed by atoms with Gasteiger partial charge >= 0.3 is 0 Å². The molecule has 0 saturated carbocycles. The van der Waals surface area contributed by atoms with Crippen LogP contribution >= 0.6 is 11.6 Å². The maximum absolute atomic E-state index is 11.8. The Bertz CT molecular complexity index is 439. The first kappa shape index (κ1) is 12.6. The Labute approximate surface area is 98.9 Å². The Morgan fingerprint density at radius 3 is 3.00 bits per heavy atom. The number of carbonyl (C=O) groups excluding carboxylic acids is 1. The molecule has 4 nitrogen and oxygen atoms in total. The van der Waals surface area contributed by atoms with Crippen LogP contribution in [-0.2, 0) is 0 Å². The summed E-state index contributed by atoms with van der Waals surface area (Å²) in [7, 11) is 0. The van der Waals surface area contributed by atoms with Gasteiger partial charge in [-0.1, -0.05) is 22.8 Å². The van der Waals surface area contributed by atoms with Gasteiger partial charge in [-0.3, -0.25) is 4.79 Å². The lowest BCUT2D eigenvalue weighted by Gasteiger charge is -2.04. The molecule has 1 aromatic carbocycles. The summed E-state index contributed by atoms with van der Waals surface area (Å²) in [5.41, 5.74) is 9.65. The fourth-order valence-corrected chi connectivity index (χ4v) is 1.56. The van der Waals surface area contributed by atoms with E-state index in [4.69, 9.17) is 17.1 Å². The molecule has 0 atom stereocenters. The third-order valence-electron chi connectivity index (χ3n) is 2.23. The Morgan fingerprint density at radius 2 is 2.31 bits per heavy atom. The lowest BCUT2D eigenvalue weighted by Crippen LogP contribution is -2.02. The predicted octanol–water partition coefficient (Wildman–Crippen LogP) is 3.92. The zero-order valence-electron chi connectivity index (χ0n) is 8.98. The second kappa shape index (κ2) is 6.16. The number of nitrogens with zero attached hydrogens (tertiary/aromatic N) is 3. The van der Waals surface area contributed by atoms with Crippen LogP contribution in [0.1, 0.15) is 28.8 Å². The minimum atomic E-state index is 0.0353. The van der Waals surface area contributed by atoms with Crippen molar-refractivity contribution < 1.29 is 4.79 Å². The van der Waals surface area contributed by atoms with Crippen molar-refractivity contribution in [1.29, 1.82) is 0 Å². The molecular formula is C11H12ClN3O. The number of hydrogen-bond donors (Lipinski definition) is 0. The minimum Gasteiger partial charge on any atom is -0.294 e. The van der Waals surface area contributed by atoms with Gasteiger partial charge in [-0.05, 0) is 36.6 Å². The molecule has 1 aromatic rings. The van der Waals surface area contributed by atoms with Gasteiger partial charge in [0.15, 0.2) is 5.78 Å². The first-order chi connectivity index (χ1) is 7.65. The van der Waals surface area contributed by atoms with Gasteiger partial charge in [-0.25, -0.2) is 0 Å². The van der Waals surface area contributed by atoms with Crippen LogP contribution in [0.25, 0.3) is 10.4 Å². The molecule has 16 heavy (non-hydrogen) atoms. The predicted molar refractivity (Wildman–Crippen MR) is 63.8 cm³/mol. The highest BCUT2D eigenvalue weighted by Gasteiger charge is 2.08. The first-order valence-electron chi connectivity index (χ1n) is 4.95. The highest BCUT2D eigenvalue weighted by molar-refractivity contribution is 6.31. The quantitative estimate of drug-likeness (QED) is 0.252.